The molecular weight excluding hydrogens is 230 g/mol. The summed E-state index contributed by atoms with van der Waals surface area (Å²) in [6.07, 6.45) is 3.86. The van der Waals surface area contributed by atoms with Crippen LogP contribution in [0.5, 0.6) is 0 Å². The summed E-state index contributed by atoms with van der Waals surface area (Å²) < 4.78 is 0. The summed E-state index contributed by atoms with van der Waals surface area (Å²) in [6, 6.07) is 9.09. The summed E-state index contributed by atoms with van der Waals surface area (Å²) in [7, 11) is 0. The molecule has 2 rings (SSSR count). The van der Waals surface area contributed by atoms with Crippen molar-refractivity contribution in [2.45, 2.75) is 52.1 Å². The van der Waals surface area contributed by atoms with Crippen LogP contribution in [-0.2, 0) is 0 Å². The van der Waals surface area contributed by atoms with Crippen LogP contribution < -0.4 is 5.32 Å². The molecule has 1 aliphatic rings. The van der Waals surface area contributed by atoms with E-state index in [4.69, 9.17) is 11.6 Å². The first-order chi connectivity index (χ1) is 7.98. The summed E-state index contributed by atoms with van der Waals surface area (Å²) in [6.45, 7) is 6.91. The van der Waals surface area contributed by atoms with Gasteiger partial charge in [0.1, 0.15) is 0 Å². The third kappa shape index (κ3) is 3.23. The third-order valence-corrected chi connectivity index (χ3v) is 4.17. The molecule has 0 aliphatic heterocycles. The first-order valence-corrected chi connectivity index (χ1v) is 6.86. The summed E-state index contributed by atoms with van der Waals surface area (Å²) in [5.41, 5.74) is 1.71. The fourth-order valence-corrected chi connectivity index (χ4v) is 3.15. The number of nitrogens with one attached hydrogen (secondary N) is 1. The van der Waals surface area contributed by atoms with Crippen molar-refractivity contribution in [1.29, 1.82) is 0 Å². The van der Waals surface area contributed by atoms with Crippen LogP contribution in [0.3, 0.4) is 0 Å². The van der Waals surface area contributed by atoms with Crippen LogP contribution in [-0.4, -0.2) is 6.04 Å². The highest BCUT2D eigenvalue weighted by atomic mass is 35.5. The van der Waals surface area contributed by atoms with Gasteiger partial charge in [-0.3, -0.25) is 0 Å². The molecular formula is C15H22ClN. The Kier molecular flexibility index (Phi) is 3.79. The summed E-state index contributed by atoms with van der Waals surface area (Å²) in [4.78, 5) is 0. The summed E-state index contributed by atoms with van der Waals surface area (Å²) in [5, 5.41) is 4.57. The largest absolute Gasteiger partial charge is 0.307 e. The second kappa shape index (κ2) is 4.99. The maximum atomic E-state index is 6.22. The van der Waals surface area contributed by atoms with Gasteiger partial charge in [0.25, 0.3) is 0 Å². The Morgan fingerprint density at radius 3 is 2.65 bits per heavy atom. The predicted octanol–water partition coefficient (Wildman–Crippen LogP) is 4.57. The minimum Gasteiger partial charge on any atom is -0.307 e. The monoisotopic (exact) mass is 251 g/mol. The van der Waals surface area contributed by atoms with Crippen molar-refractivity contribution in [2.75, 3.05) is 0 Å². The van der Waals surface area contributed by atoms with E-state index >= 15 is 0 Å². The molecule has 1 N–H and O–H groups in total. The number of halogens is 1. The highest BCUT2D eigenvalue weighted by Crippen LogP contribution is 2.38. The van der Waals surface area contributed by atoms with Crippen LogP contribution in [0.1, 0.15) is 51.6 Å². The zero-order valence-electron chi connectivity index (χ0n) is 11.0. The zero-order valence-corrected chi connectivity index (χ0v) is 11.7. The molecule has 17 heavy (non-hydrogen) atoms. The molecule has 1 saturated carbocycles. The van der Waals surface area contributed by atoms with Gasteiger partial charge in [0.05, 0.1) is 0 Å². The van der Waals surface area contributed by atoms with E-state index in [0.717, 1.165) is 5.02 Å². The van der Waals surface area contributed by atoms with Gasteiger partial charge in [-0.15, -0.1) is 0 Å². The van der Waals surface area contributed by atoms with Crippen LogP contribution in [0.25, 0.3) is 0 Å². The second-order valence-electron chi connectivity index (χ2n) is 6.01. The van der Waals surface area contributed by atoms with Gasteiger partial charge in [0, 0.05) is 17.1 Å². The first-order valence-electron chi connectivity index (χ1n) is 6.48. The Morgan fingerprint density at radius 1 is 1.35 bits per heavy atom. The van der Waals surface area contributed by atoms with Crippen LogP contribution >= 0.6 is 11.6 Å². The van der Waals surface area contributed by atoms with Gasteiger partial charge in [-0.2, -0.15) is 0 Å². The number of hydrogen-bond acceptors (Lipinski definition) is 1. The first kappa shape index (κ1) is 12.9. The standard InChI is InChI=1S/C15H22ClN/c1-11(13-6-4-5-7-14(13)16)17-12-8-9-15(2,3)10-12/h4-7,11-12,17H,8-10H2,1-3H3. The van der Waals surface area contributed by atoms with Crippen molar-refractivity contribution in [2.24, 2.45) is 5.41 Å². The van der Waals surface area contributed by atoms with Crippen molar-refractivity contribution < 1.29 is 0 Å². The van der Waals surface area contributed by atoms with E-state index in [1.54, 1.807) is 0 Å². The molecule has 0 spiro atoms. The molecule has 94 valence electrons. The highest BCUT2D eigenvalue weighted by molar-refractivity contribution is 6.31. The smallest absolute Gasteiger partial charge is 0.0453 e. The minimum atomic E-state index is 0.336. The Morgan fingerprint density at radius 2 is 2.06 bits per heavy atom. The van der Waals surface area contributed by atoms with Gasteiger partial charge in [0.15, 0.2) is 0 Å². The molecule has 0 aromatic heterocycles. The third-order valence-electron chi connectivity index (χ3n) is 3.83. The Hall–Kier alpha value is -0.530. The molecule has 2 heteroatoms. The Balaban J connectivity index is 1.99. The lowest BCUT2D eigenvalue weighted by Gasteiger charge is -2.22. The van der Waals surface area contributed by atoms with Gasteiger partial charge in [0.2, 0.25) is 0 Å². The number of hydrogen-bond donors (Lipinski definition) is 1. The number of rotatable bonds is 3. The van der Waals surface area contributed by atoms with Gasteiger partial charge in [-0.05, 0) is 43.2 Å². The zero-order chi connectivity index (χ0) is 12.5. The van der Waals surface area contributed by atoms with Crippen LogP contribution in [0.4, 0.5) is 0 Å². The minimum absolute atomic E-state index is 0.336. The normalized spacial score (nSPS) is 24.8. The number of benzene rings is 1. The van der Waals surface area contributed by atoms with Crippen molar-refractivity contribution in [3.05, 3.63) is 34.9 Å². The van der Waals surface area contributed by atoms with E-state index < -0.39 is 0 Å². The Labute approximate surface area is 110 Å². The van der Waals surface area contributed by atoms with Crippen LogP contribution in [0.15, 0.2) is 24.3 Å². The molecule has 0 amide bonds. The highest BCUT2D eigenvalue weighted by Gasteiger charge is 2.31. The van der Waals surface area contributed by atoms with Gasteiger partial charge in [-0.1, -0.05) is 43.6 Å². The molecule has 2 atom stereocenters. The quantitative estimate of drug-likeness (QED) is 0.830. The molecule has 1 fully saturated rings. The molecule has 1 aliphatic carbocycles. The van der Waals surface area contributed by atoms with E-state index in [9.17, 15) is 0 Å². The maximum absolute atomic E-state index is 6.22. The molecule has 0 bridgehead atoms. The summed E-state index contributed by atoms with van der Waals surface area (Å²) in [5.74, 6) is 0. The average Bonchev–Trinajstić information content (AvgIpc) is 2.58. The molecule has 0 saturated heterocycles. The molecule has 1 aromatic carbocycles. The molecule has 0 radical (unpaired) electrons. The Bertz CT molecular complexity index is 386. The fourth-order valence-electron chi connectivity index (χ4n) is 2.85. The lowest BCUT2D eigenvalue weighted by Crippen LogP contribution is -2.30. The van der Waals surface area contributed by atoms with E-state index in [0.29, 0.717) is 17.5 Å². The molecule has 1 aromatic rings. The van der Waals surface area contributed by atoms with Crippen molar-refractivity contribution in [3.8, 4) is 0 Å². The SMILES string of the molecule is CC(NC1CCC(C)(C)C1)c1ccccc1Cl. The van der Waals surface area contributed by atoms with Crippen LogP contribution in [0, 0.1) is 5.41 Å². The van der Waals surface area contributed by atoms with E-state index in [-0.39, 0.29) is 0 Å². The van der Waals surface area contributed by atoms with Crippen molar-refractivity contribution in [3.63, 3.8) is 0 Å². The second-order valence-corrected chi connectivity index (χ2v) is 6.42. The predicted molar refractivity (Wildman–Crippen MR) is 74.4 cm³/mol. The van der Waals surface area contributed by atoms with E-state index in [1.807, 2.05) is 12.1 Å². The van der Waals surface area contributed by atoms with Gasteiger partial charge in [-0.25, -0.2) is 0 Å². The lowest BCUT2D eigenvalue weighted by molar-refractivity contribution is 0.356. The lowest BCUT2D eigenvalue weighted by atomic mass is 9.91. The average molecular weight is 252 g/mol. The topological polar surface area (TPSA) is 12.0 Å². The van der Waals surface area contributed by atoms with E-state index in [2.05, 4.69) is 38.2 Å². The van der Waals surface area contributed by atoms with Crippen molar-refractivity contribution in [1.82, 2.24) is 5.32 Å². The fraction of sp³-hybridized carbons (Fsp3) is 0.600. The molecule has 1 nitrogen and oxygen atoms in total. The van der Waals surface area contributed by atoms with Crippen LogP contribution in [0.2, 0.25) is 5.02 Å². The van der Waals surface area contributed by atoms with E-state index in [1.165, 1.54) is 24.8 Å². The summed E-state index contributed by atoms with van der Waals surface area (Å²) >= 11 is 6.22. The molecule has 0 heterocycles. The molecule has 2 unspecified atom stereocenters. The van der Waals surface area contributed by atoms with Crippen molar-refractivity contribution >= 4 is 11.6 Å². The van der Waals surface area contributed by atoms with Gasteiger partial charge < -0.3 is 5.32 Å². The van der Waals surface area contributed by atoms with Gasteiger partial charge >= 0.3 is 0 Å². The maximum Gasteiger partial charge on any atom is 0.0453 e.